The van der Waals surface area contributed by atoms with Crippen molar-refractivity contribution in [2.75, 3.05) is 32.1 Å². The van der Waals surface area contributed by atoms with Gasteiger partial charge in [-0.05, 0) is 18.9 Å². The van der Waals surface area contributed by atoms with E-state index >= 15 is 0 Å². The fraction of sp³-hybridized carbons (Fsp3) is 0.500. The molecule has 26 heavy (non-hydrogen) atoms. The molecule has 0 N–H and O–H groups in total. The number of nitrogens with zero attached hydrogens (tertiary/aromatic N) is 6. The molecule has 2 aromatic rings. The molecule has 0 aliphatic carbocycles. The summed E-state index contributed by atoms with van der Waals surface area (Å²) < 4.78 is 39.3. The number of anilines is 1. The van der Waals surface area contributed by atoms with Crippen molar-refractivity contribution in [2.45, 2.75) is 25.1 Å². The summed E-state index contributed by atoms with van der Waals surface area (Å²) in [6.07, 6.45) is 0.937. The second kappa shape index (κ2) is 6.93. The number of carbonyl (C=O) groups is 1. The Bertz CT molecular complexity index is 763. The molecule has 0 saturated carbocycles. The van der Waals surface area contributed by atoms with Crippen LogP contribution in [0.5, 0.6) is 0 Å². The van der Waals surface area contributed by atoms with Crippen LogP contribution in [-0.2, 0) is 6.18 Å². The Morgan fingerprint density at radius 2 is 1.88 bits per heavy atom. The zero-order chi connectivity index (χ0) is 18.9. The van der Waals surface area contributed by atoms with Crippen molar-refractivity contribution in [2.24, 2.45) is 0 Å². The van der Waals surface area contributed by atoms with Crippen molar-refractivity contribution >= 4 is 11.7 Å². The standard InChI is InChI=1S/C16H19F3N6O/c1-23(2)14-10-20-12(9-21-14)15(26)24-6-3-11(4-7-24)25-8-5-13(22-25)16(17,18)19/h5,8-11H,3-4,6-7H2,1-2H3. The first-order valence-electron chi connectivity index (χ1n) is 8.16. The monoisotopic (exact) mass is 368 g/mol. The lowest BCUT2D eigenvalue weighted by molar-refractivity contribution is -0.141. The highest BCUT2D eigenvalue weighted by atomic mass is 19.4. The highest BCUT2D eigenvalue weighted by Crippen LogP contribution is 2.29. The minimum Gasteiger partial charge on any atom is -0.361 e. The molecule has 2 aromatic heterocycles. The molecule has 10 heteroatoms. The largest absolute Gasteiger partial charge is 0.435 e. The third-order valence-electron chi connectivity index (χ3n) is 4.34. The minimum atomic E-state index is -4.45. The van der Waals surface area contributed by atoms with Crippen LogP contribution in [0.2, 0.25) is 0 Å². The summed E-state index contributed by atoms with van der Waals surface area (Å²) in [5, 5.41) is 3.62. The highest BCUT2D eigenvalue weighted by Gasteiger charge is 2.34. The van der Waals surface area contributed by atoms with Crippen LogP contribution in [-0.4, -0.2) is 57.7 Å². The molecule has 1 aliphatic rings. The van der Waals surface area contributed by atoms with E-state index in [1.165, 1.54) is 23.3 Å². The number of aromatic nitrogens is 4. The third-order valence-corrected chi connectivity index (χ3v) is 4.34. The van der Waals surface area contributed by atoms with Crippen molar-refractivity contribution in [1.82, 2.24) is 24.6 Å². The summed E-state index contributed by atoms with van der Waals surface area (Å²) in [7, 11) is 3.66. The third kappa shape index (κ3) is 3.78. The average molecular weight is 368 g/mol. The van der Waals surface area contributed by atoms with Crippen molar-refractivity contribution in [1.29, 1.82) is 0 Å². The Morgan fingerprint density at radius 3 is 2.38 bits per heavy atom. The lowest BCUT2D eigenvalue weighted by Gasteiger charge is -2.31. The van der Waals surface area contributed by atoms with E-state index in [1.807, 2.05) is 14.1 Å². The molecule has 0 unspecified atom stereocenters. The Balaban J connectivity index is 1.61. The molecular formula is C16H19F3N6O. The van der Waals surface area contributed by atoms with E-state index in [1.54, 1.807) is 9.80 Å². The number of piperidine rings is 1. The molecule has 140 valence electrons. The summed E-state index contributed by atoms with van der Waals surface area (Å²) in [6, 6.07) is 0.816. The maximum absolute atomic E-state index is 12.7. The molecule has 7 nitrogen and oxygen atoms in total. The maximum Gasteiger partial charge on any atom is 0.435 e. The van der Waals surface area contributed by atoms with Gasteiger partial charge >= 0.3 is 6.18 Å². The quantitative estimate of drug-likeness (QED) is 0.831. The number of alkyl halides is 3. The smallest absolute Gasteiger partial charge is 0.361 e. The van der Waals surface area contributed by atoms with Gasteiger partial charge in [0.1, 0.15) is 11.5 Å². The van der Waals surface area contributed by atoms with Crippen LogP contribution in [0.1, 0.15) is 35.1 Å². The van der Waals surface area contributed by atoms with Crippen LogP contribution in [0.15, 0.2) is 24.7 Å². The lowest BCUT2D eigenvalue weighted by atomic mass is 10.1. The molecule has 3 heterocycles. The predicted octanol–water partition coefficient (Wildman–Crippen LogP) is 2.24. The zero-order valence-electron chi connectivity index (χ0n) is 14.4. The number of carbonyl (C=O) groups excluding carboxylic acids is 1. The first kappa shape index (κ1) is 18.2. The van der Waals surface area contributed by atoms with Gasteiger partial charge in [-0.1, -0.05) is 0 Å². The van der Waals surface area contributed by atoms with Crippen molar-refractivity contribution in [3.8, 4) is 0 Å². The minimum absolute atomic E-state index is 0.155. The maximum atomic E-state index is 12.7. The number of amides is 1. The number of rotatable bonds is 3. The predicted molar refractivity (Wildman–Crippen MR) is 87.8 cm³/mol. The molecule has 1 fully saturated rings. The summed E-state index contributed by atoms with van der Waals surface area (Å²) in [4.78, 5) is 24.2. The summed E-state index contributed by atoms with van der Waals surface area (Å²) in [6.45, 7) is 0.865. The van der Waals surface area contributed by atoms with Crippen LogP contribution in [0.25, 0.3) is 0 Å². The van der Waals surface area contributed by atoms with Gasteiger partial charge in [0, 0.05) is 33.4 Å². The Kier molecular flexibility index (Phi) is 4.84. The van der Waals surface area contributed by atoms with E-state index in [2.05, 4.69) is 15.1 Å². The Labute approximate surface area is 148 Å². The zero-order valence-corrected chi connectivity index (χ0v) is 14.4. The van der Waals surface area contributed by atoms with Gasteiger partial charge in [0.05, 0.1) is 18.4 Å². The van der Waals surface area contributed by atoms with E-state index < -0.39 is 11.9 Å². The normalized spacial score (nSPS) is 16.0. The average Bonchev–Trinajstić information content (AvgIpc) is 3.12. The van der Waals surface area contributed by atoms with Crippen molar-refractivity contribution in [3.63, 3.8) is 0 Å². The van der Waals surface area contributed by atoms with Gasteiger partial charge in [-0.2, -0.15) is 18.3 Å². The second-order valence-electron chi connectivity index (χ2n) is 6.36. The second-order valence-corrected chi connectivity index (χ2v) is 6.36. The number of halogens is 3. The summed E-state index contributed by atoms with van der Waals surface area (Å²) >= 11 is 0. The number of hydrogen-bond acceptors (Lipinski definition) is 5. The SMILES string of the molecule is CN(C)c1cnc(C(=O)N2CCC(n3ccc(C(F)(F)F)n3)CC2)cn1. The molecule has 1 saturated heterocycles. The fourth-order valence-corrected chi connectivity index (χ4v) is 2.85. The molecule has 0 spiro atoms. The van der Waals surface area contributed by atoms with E-state index in [-0.39, 0.29) is 17.6 Å². The number of hydrogen-bond donors (Lipinski definition) is 0. The van der Waals surface area contributed by atoms with Gasteiger partial charge < -0.3 is 9.80 Å². The Morgan fingerprint density at radius 1 is 1.19 bits per heavy atom. The molecule has 0 bridgehead atoms. The van der Waals surface area contributed by atoms with Gasteiger partial charge in [0.15, 0.2) is 5.69 Å². The van der Waals surface area contributed by atoms with Crippen LogP contribution in [0.3, 0.4) is 0 Å². The first-order valence-corrected chi connectivity index (χ1v) is 8.16. The molecular weight excluding hydrogens is 349 g/mol. The topological polar surface area (TPSA) is 67.2 Å². The number of likely N-dealkylation sites (tertiary alicyclic amines) is 1. The van der Waals surface area contributed by atoms with Crippen LogP contribution < -0.4 is 4.90 Å². The summed E-state index contributed by atoms with van der Waals surface area (Å²) in [5.74, 6) is 0.428. The van der Waals surface area contributed by atoms with E-state index in [0.717, 1.165) is 6.07 Å². The molecule has 0 radical (unpaired) electrons. The first-order chi connectivity index (χ1) is 12.3. The van der Waals surface area contributed by atoms with E-state index in [4.69, 9.17) is 0 Å². The molecule has 0 aromatic carbocycles. The molecule has 0 atom stereocenters. The lowest BCUT2D eigenvalue weighted by Crippen LogP contribution is -2.39. The Hall–Kier alpha value is -2.65. The van der Waals surface area contributed by atoms with Gasteiger partial charge in [-0.3, -0.25) is 9.48 Å². The van der Waals surface area contributed by atoms with E-state index in [9.17, 15) is 18.0 Å². The van der Waals surface area contributed by atoms with Gasteiger partial charge in [-0.15, -0.1) is 0 Å². The van der Waals surface area contributed by atoms with Gasteiger partial charge in [0.2, 0.25) is 0 Å². The van der Waals surface area contributed by atoms with Crippen LogP contribution in [0.4, 0.5) is 19.0 Å². The molecule has 1 amide bonds. The highest BCUT2D eigenvalue weighted by molar-refractivity contribution is 5.92. The fourth-order valence-electron chi connectivity index (χ4n) is 2.85. The van der Waals surface area contributed by atoms with Crippen molar-refractivity contribution < 1.29 is 18.0 Å². The summed E-state index contributed by atoms with van der Waals surface area (Å²) in [5.41, 5.74) is -0.639. The van der Waals surface area contributed by atoms with Crippen molar-refractivity contribution in [3.05, 3.63) is 36.0 Å². The van der Waals surface area contributed by atoms with Gasteiger partial charge in [-0.25, -0.2) is 9.97 Å². The van der Waals surface area contributed by atoms with Gasteiger partial charge in [0.25, 0.3) is 5.91 Å². The van der Waals surface area contributed by atoms with Crippen LogP contribution in [0, 0.1) is 0 Å². The van der Waals surface area contributed by atoms with Crippen LogP contribution >= 0.6 is 0 Å². The molecule has 1 aliphatic heterocycles. The van der Waals surface area contributed by atoms with E-state index in [0.29, 0.717) is 31.7 Å². The molecule has 3 rings (SSSR count).